The van der Waals surface area contributed by atoms with E-state index in [9.17, 15) is 4.79 Å². The third-order valence-corrected chi connectivity index (χ3v) is 5.61. The summed E-state index contributed by atoms with van der Waals surface area (Å²) >= 11 is 0. The van der Waals surface area contributed by atoms with Gasteiger partial charge in [-0.05, 0) is 42.3 Å². The van der Waals surface area contributed by atoms with E-state index in [-0.39, 0.29) is 5.91 Å². The molecule has 0 bridgehead atoms. The van der Waals surface area contributed by atoms with Crippen LogP contribution in [0.15, 0.2) is 85.1 Å². The molecule has 5 rings (SSSR count). The quantitative estimate of drug-likeness (QED) is 0.406. The number of H-pyrrole nitrogens is 1. The van der Waals surface area contributed by atoms with Crippen LogP contribution >= 0.6 is 0 Å². The van der Waals surface area contributed by atoms with Gasteiger partial charge in [0.05, 0.1) is 11.0 Å². The number of benzene rings is 3. The summed E-state index contributed by atoms with van der Waals surface area (Å²) in [6.07, 6.45) is 3.82. The van der Waals surface area contributed by atoms with Gasteiger partial charge in [-0.25, -0.2) is 4.98 Å². The Labute approximate surface area is 180 Å². The molecule has 0 saturated carbocycles. The van der Waals surface area contributed by atoms with Gasteiger partial charge < -0.3 is 10.3 Å². The van der Waals surface area contributed by atoms with Gasteiger partial charge in [-0.15, -0.1) is 0 Å². The van der Waals surface area contributed by atoms with E-state index in [0.29, 0.717) is 19.4 Å². The standard InChI is InChI=1S/C26H24N4O/c31-26(27-17-16-19-18-28-22-11-5-4-10-21(19)22)15-14-25-29-23-12-6-7-13-24(23)30(25)20-8-2-1-3-9-20/h1-13,18,28H,14-17H2,(H,27,31). The molecule has 0 aliphatic rings. The Bertz CT molecular complexity index is 1330. The lowest BCUT2D eigenvalue weighted by molar-refractivity contribution is -0.121. The van der Waals surface area contributed by atoms with E-state index in [1.165, 1.54) is 10.9 Å². The molecule has 0 spiro atoms. The summed E-state index contributed by atoms with van der Waals surface area (Å²) in [5, 5.41) is 4.28. The number of rotatable bonds is 7. The monoisotopic (exact) mass is 408 g/mol. The van der Waals surface area contributed by atoms with E-state index < -0.39 is 0 Å². The first-order valence-electron chi connectivity index (χ1n) is 10.6. The maximum atomic E-state index is 12.5. The Morgan fingerprint density at radius 3 is 2.58 bits per heavy atom. The second kappa shape index (κ2) is 8.48. The van der Waals surface area contributed by atoms with Crippen LogP contribution in [0.4, 0.5) is 0 Å². The molecular weight excluding hydrogens is 384 g/mol. The highest BCUT2D eigenvalue weighted by molar-refractivity contribution is 5.83. The number of fused-ring (bicyclic) bond motifs is 2. The second-order valence-electron chi connectivity index (χ2n) is 7.65. The normalized spacial score (nSPS) is 11.2. The van der Waals surface area contributed by atoms with E-state index in [1.54, 1.807) is 0 Å². The predicted octanol–water partition coefficient (Wildman–Crippen LogP) is 4.80. The number of hydrogen-bond donors (Lipinski definition) is 2. The number of amides is 1. The van der Waals surface area contributed by atoms with Crippen LogP contribution in [0.5, 0.6) is 0 Å². The average molecular weight is 409 g/mol. The van der Waals surface area contributed by atoms with Crippen molar-refractivity contribution in [2.24, 2.45) is 0 Å². The zero-order valence-corrected chi connectivity index (χ0v) is 17.2. The summed E-state index contributed by atoms with van der Waals surface area (Å²) in [5.41, 5.74) is 5.42. The Hall–Kier alpha value is -3.86. The molecule has 154 valence electrons. The van der Waals surface area contributed by atoms with Crippen molar-refractivity contribution < 1.29 is 4.79 Å². The van der Waals surface area contributed by atoms with E-state index >= 15 is 0 Å². The van der Waals surface area contributed by atoms with Gasteiger partial charge >= 0.3 is 0 Å². The maximum absolute atomic E-state index is 12.5. The number of aromatic amines is 1. The molecule has 1 amide bonds. The van der Waals surface area contributed by atoms with Gasteiger partial charge in [-0.3, -0.25) is 9.36 Å². The minimum Gasteiger partial charge on any atom is -0.361 e. The van der Waals surface area contributed by atoms with Crippen LogP contribution in [0.1, 0.15) is 17.8 Å². The number of carbonyl (C=O) groups excluding carboxylic acids is 1. The zero-order valence-electron chi connectivity index (χ0n) is 17.2. The van der Waals surface area contributed by atoms with Gasteiger partial charge in [-0.1, -0.05) is 48.5 Å². The third kappa shape index (κ3) is 3.94. The summed E-state index contributed by atoms with van der Waals surface area (Å²) in [5.74, 6) is 0.950. The summed E-state index contributed by atoms with van der Waals surface area (Å²) < 4.78 is 2.15. The van der Waals surface area contributed by atoms with Gasteiger partial charge in [0, 0.05) is 42.2 Å². The van der Waals surface area contributed by atoms with Crippen molar-refractivity contribution >= 4 is 27.8 Å². The molecule has 31 heavy (non-hydrogen) atoms. The molecule has 0 atom stereocenters. The number of carbonyl (C=O) groups is 1. The van der Waals surface area contributed by atoms with Crippen molar-refractivity contribution in [1.29, 1.82) is 0 Å². The summed E-state index contributed by atoms with van der Waals surface area (Å²) in [6, 6.07) is 26.5. The van der Waals surface area contributed by atoms with Crippen LogP contribution in [0.3, 0.4) is 0 Å². The number of nitrogens with zero attached hydrogens (tertiary/aromatic N) is 2. The zero-order chi connectivity index (χ0) is 21.0. The van der Waals surface area contributed by atoms with Crippen molar-refractivity contribution in [2.75, 3.05) is 6.54 Å². The third-order valence-electron chi connectivity index (χ3n) is 5.61. The number of hydrogen-bond acceptors (Lipinski definition) is 2. The molecular formula is C26H24N4O. The van der Waals surface area contributed by atoms with Gasteiger partial charge in [0.15, 0.2) is 0 Å². The number of aromatic nitrogens is 3. The molecule has 0 saturated heterocycles. The van der Waals surface area contributed by atoms with Gasteiger partial charge in [0.1, 0.15) is 5.82 Å². The molecule has 2 N–H and O–H groups in total. The fraction of sp³-hybridized carbons (Fsp3) is 0.154. The predicted molar refractivity (Wildman–Crippen MR) is 124 cm³/mol. The Balaban J connectivity index is 1.25. The van der Waals surface area contributed by atoms with Crippen LogP contribution in [0, 0.1) is 0 Å². The van der Waals surface area contributed by atoms with Crippen molar-refractivity contribution in [3.8, 4) is 5.69 Å². The van der Waals surface area contributed by atoms with Crippen LogP contribution in [-0.2, 0) is 17.6 Å². The minimum atomic E-state index is 0.0477. The highest BCUT2D eigenvalue weighted by Crippen LogP contribution is 2.22. The number of imidazole rings is 1. The van der Waals surface area contributed by atoms with E-state index in [2.05, 4.69) is 45.2 Å². The lowest BCUT2D eigenvalue weighted by Crippen LogP contribution is -2.26. The molecule has 2 aromatic heterocycles. The molecule has 0 fully saturated rings. The topological polar surface area (TPSA) is 62.7 Å². The highest BCUT2D eigenvalue weighted by Gasteiger charge is 2.13. The summed E-state index contributed by atoms with van der Waals surface area (Å²) in [4.78, 5) is 20.6. The lowest BCUT2D eigenvalue weighted by Gasteiger charge is -2.09. The molecule has 0 unspecified atom stereocenters. The second-order valence-corrected chi connectivity index (χ2v) is 7.65. The molecule has 0 aliphatic heterocycles. The minimum absolute atomic E-state index is 0.0477. The highest BCUT2D eigenvalue weighted by atomic mass is 16.1. The van der Waals surface area contributed by atoms with E-state index in [4.69, 9.17) is 4.98 Å². The molecule has 5 nitrogen and oxygen atoms in total. The molecule has 0 radical (unpaired) electrons. The lowest BCUT2D eigenvalue weighted by atomic mass is 10.1. The van der Waals surface area contributed by atoms with Gasteiger partial charge in [0.2, 0.25) is 5.91 Å². The van der Waals surface area contributed by atoms with Crippen molar-refractivity contribution in [3.05, 3.63) is 96.4 Å². The first kappa shape index (κ1) is 19.1. The van der Waals surface area contributed by atoms with Crippen LogP contribution < -0.4 is 5.32 Å². The summed E-state index contributed by atoms with van der Waals surface area (Å²) in [6.45, 7) is 0.621. The van der Waals surface area contributed by atoms with E-state index in [1.807, 2.05) is 54.7 Å². The van der Waals surface area contributed by atoms with E-state index in [0.717, 1.165) is 34.5 Å². The van der Waals surface area contributed by atoms with Crippen molar-refractivity contribution in [2.45, 2.75) is 19.3 Å². The van der Waals surface area contributed by atoms with Gasteiger partial charge in [-0.2, -0.15) is 0 Å². The van der Waals surface area contributed by atoms with Crippen LogP contribution in [0.2, 0.25) is 0 Å². The first-order valence-corrected chi connectivity index (χ1v) is 10.6. The average Bonchev–Trinajstić information content (AvgIpc) is 3.39. The fourth-order valence-electron chi connectivity index (χ4n) is 4.10. The van der Waals surface area contributed by atoms with Crippen LogP contribution in [-0.4, -0.2) is 27.0 Å². The fourth-order valence-corrected chi connectivity index (χ4v) is 4.10. The van der Waals surface area contributed by atoms with Crippen LogP contribution in [0.25, 0.3) is 27.6 Å². The van der Waals surface area contributed by atoms with Gasteiger partial charge in [0.25, 0.3) is 0 Å². The number of nitrogens with one attached hydrogen (secondary N) is 2. The molecule has 5 heteroatoms. The maximum Gasteiger partial charge on any atom is 0.220 e. The smallest absolute Gasteiger partial charge is 0.220 e. The molecule has 0 aliphatic carbocycles. The number of aryl methyl sites for hydroxylation is 1. The van der Waals surface area contributed by atoms with Crippen molar-refractivity contribution in [3.63, 3.8) is 0 Å². The Kier molecular flexibility index (Phi) is 5.23. The molecule has 3 aromatic carbocycles. The summed E-state index contributed by atoms with van der Waals surface area (Å²) in [7, 11) is 0. The SMILES string of the molecule is O=C(CCc1nc2ccccc2n1-c1ccccc1)NCCc1c[nH]c2ccccc12. The van der Waals surface area contributed by atoms with Crippen molar-refractivity contribution in [1.82, 2.24) is 19.9 Å². The Morgan fingerprint density at radius 1 is 0.903 bits per heavy atom. The molecule has 5 aromatic rings. The largest absolute Gasteiger partial charge is 0.361 e. The molecule has 2 heterocycles. The number of para-hydroxylation sites is 4. The Morgan fingerprint density at radius 2 is 1.68 bits per heavy atom. The first-order chi connectivity index (χ1) is 15.3.